The molecule has 0 unspecified atom stereocenters. The van der Waals surface area contributed by atoms with Gasteiger partial charge in [0, 0.05) is 18.2 Å². The van der Waals surface area contributed by atoms with Crippen LogP contribution in [0, 0.1) is 34.4 Å². The third kappa shape index (κ3) is 5.11. The van der Waals surface area contributed by atoms with E-state index in [1.165, 1.54) is 6.07 Å². The molecule has 0 radical (unpaired) electrons. The second-order valence-corrected chi connectivity index (χ2v) is 9.01. The zero-order valence-electron chi connectivity index (χ0n) is 17.7. The molecule has 0 saturated heterocycles. The summed E-state index contributed by atoms with van der Waals surface area (Å²) in [6.45, 7) is 0. The number of hydrogen-bond donors (Lipinski definition) is 3. The van der Waals surface area contributed by atoms with Crippen LogP contribution in [-0.4, -0.2) is 27.8 Å². The van der Waals surface area contributed by atoms with Crippen molar-refractivity contribution >= 4 is 40.6 Å². The Hall–Kier alpha value is -3.14. The van der Waals surface area contributed by atoms with Gasteiger partial charge in [0.25, 0.3) is 0 Å². The summed E-state index contributed by atoms with van der Waals surface area (Å²) in [5.74, 6) is -1.16. The van der Waals surface area contributed by atoms with Crippen LogP contribution in [0.3, 0.4) is 0 Å². The first-order chi connectivity index (χ1) is 15.9. The van der Waals surface area contributed by atoms with Gasteiger partial charge in [-0.3, -0.25) is 9.59 Å². The number of halogens is 2. The molecular weight excluding hydrogens is 451 g/mol. The highest BCUT2D eigenvalue weighted by molar-refractivity contribution is 6.28. The first-order valence-electron chi connectivity index (χ1n) is 10.8. The number of nitrogens with zero attached hydrogens (tertiary/aromatic N) is 3. The van der Waals surface area contributed by atoms with E-state index >= 15 is 0 Å². The number of rotatable bonds is 9. The number of hydrogen-bond acceptors (Lipinski definition) is 7. The van der Waals surface area contributed by atoms with Crippen molar-refractivity contribution in [3.05, 3.63) is 46.5 Å². The van der Waals surface area contributed by atoms with Crippen molar-refractivity contribution in [2.75, 3.05) is 10.6 Å². The molecule has 4 rings (SSSR count). The highest BCUT2D eigenvalue weighted by atomic mass is 35.5. The standard InChI is InChI=1S/C22H24ClFN6O3/c23-22-26-10-16(24)21(29-22)28-19-15-8-12(18(19)20(25)32)7-11(15)3-1-6-17(31)27-13-4-2-5-14(9-13)30-33/h2,4-5,9-12,15,18-19H,1,3,6-8H2,(H2,25,32)(H,27,31)(H,26,28,29)/t11-,12-,15-,18+,19-/m1/s1. The van der Waals surface area contributed by atoms with Gasteiger partial charge in [-0.25, -0.2) is 9.37 Å². The van der Waals surface area contributed by atoms with Gasteiger partial charge in [-0.1, -0.05) is 6.07 Å². The minimum Gasteiger partial charge on any atom is -0.369 e. The summed E-state index contributed by atoms with van der Waals surface area (Å²) in [5, 5.41) is 8.61. The monoisotopic (exact) mass is 474 g/mol. The average molecular weight is 475 g/mol. The van der Waals surface area contributed by atoms with Gasteiger partial charge in [0.2, 0.25) is 17.1 Å². The van der Waals surface area contributed by atoms with Crippen molar-refractivity contribution in [1.82, 2.24) is 9.97 Å². The van der Waals surface area contributed by atoms with Crippen molar-refractivity contribution in [1.29, 1.82) is 0 Å². The second-order valence-electron chi connectivity index (χ2n) is 8.67. The smallest absolute Gasteiger partial charge is 0.224 e. The molecule has 2 aromatic rings. The molecule has 1 aromatic carbocycles. The van der Waals surface area contributed by atoms with E-state index in [2.05, 4.69) is 25.8 Å². The summed E-state index contributed by atoms with van der Waals surface area (Å²) in [4.78, 5) is 42.6. The number of fused-ring (bicyclic) bond motifs is 2. The van der Waals surface area contributed by atoms with Crippen LogP contribution in [0.2, 0.25) is 5.28 Å². The number of aromatic nitrogens is 2. The number of nitroso groups, excluding NO2 is 1. The number of nitrogens with one attached hydrogen (secondary N) is 2. The van der Waals surface area contributed by atoms with Gasteiger partial charge in [-0.05, 0) is 78.4 Å². The molecule has 5 atom stereocenters. The summed E-state index contributed by atoms with van der Waals surface area (Å²) in [6, 6.07) is 6.07. The zero-order chi connectivity index (χ0) is 23.5. The molecule has 0 spiro atoms. The van der Waals surface area contributed by atoms with E-state index in [0.29, 0.717) is 18.5 Å². The first-order valence-corrected chi connectivity index (χ1v) is 11.2. The predicted octanol–water partition coefficient (Wildman–Crippen LogP) is 4.01. The van der Waals surface area contributed by atoms with Crippen molar-refractivity contribution in [3.63, 3.8) is 0 Å². The number of carbonyl (C=O) groups excluding carboxylic acids is 2. The molecule has 2 amide bonds. The van der Waals surface area contributed by atoms with E-state index in [1.54, 1.807) is 18.2 Å². The maximum Gasteiger partial charge on any atom is 0.224 e. The number of primary amides is 1. The normalized spacial score (nSPS) is 25.6. The van der Waals surface area contributed by atoms with Gasteiger partial charge < -0.3 is 16.4 Å². The lowest BCUT2D eigenvalue weighted by Crippen LogP contribution is -2.45. The second kappa shape index (κ2) is 9.78. The summed E-state index contributed by atoms with van der Waals surface area (Å²) < 4.78 is 14.2. The molecule has 2 aliphatic rings. The lowest BCUT2D eigenvalue weighted by Gasteiger charge is -2.35. The number of amides is 2. The van der Waals surface area contributed by atoms with E-state index in [-0.39, 0.29) is 46.5 Å². The van der Waals surface area contributed by atoms with Crippen LogP contribution in [0.5, 0.6) is 0 Å². The molecule has 9 nitrogen and oxygen atoms in total. The molecule has 174 valence electrons. The third-order valence-electron chi connectivity index (χ3n) is 6.70. The van der Waals surface area contributed by atoms with Gasteiger partial charge in [-0.15, -0.1) is 4.91 Å². The van der Waals surface area contributed by atoms with Crippen LogP contribution in [0.15, 0.2) is 35.6 Å². The Morgan fingerprint density at radius 3 is 2.88 bits per heavy atom. The van der Waals surface area contributed by atoms with Crippen molar-refractivity contribution in [2.24, 2.45) is 34.6 Å². The molecule has 2 aliphatic carbocycles. The zero-order valence-corrected chi connectivity index (χ0v) is 18.5. The van der Waals surface area contributed by atoms with Gasteiger partial charge in [-0.2, -0.15) is 4.98 Å². The fraction of sp³-hybridized carbons (Fsp3) is 0.455. The van der Waals surface area contributed by atoms with Crippen molar-refractivity contribution < 1.29 is 14.0 Å². The largest absolute Gasteiger partial charge is 0.369 e. The third-order valence-corrected chi connectivity index (χ3v) is 6.88. The van der Waals surface area contributed by atoms with Crippen LogP contribution < -0.4 is 16.4 Å². The molecule has 1 aromatic heterocycles. The molecule has 1 heterocycles. The lowest BCUT2D eigenvalue weighted by molar-refractivity contribution is -0.123. The fourth-order valence-corrected chi connectivity index (χ4v) is 5.56. The highest BCUT2D eigenvalue weighted by Gasteiger charge is 2.54. The van der Waals surface area contributed by atoms with Crippen LogP contribution in [0.25, 0.3) is 0 Å². The Labute approximate surface area is 194 Å². The predicted molar refractivity (Wildman–Crippen MR) is 121 cm³/mol. The molecule has 2 saturated carbocycles. The SMILES string of the molecule is NC(=O)[C@H]1[C@@H]2C[C@@H](CCCC(=O)Nc3cccc(N=O)c3)[C@@H](C2)[C@H]1Nc1nc(Cl)ncc1F. The number of nitrogens with two attached hydrogens (primary N) is 1. The van der Waals surface area contributed by atoms with E-state index in [1.807, 2.05) is 0 Å². The first kappa shape index (κ1) is 23.0. The van der Waals surface area contributed by atoms with E-state index in [0.717, 1.165) is 25.5 Å². The van der Waals surface area contributed by atoms with Gasteiger partial charge in [0.1, 0.15) is 5.69 Å². The Morgan fingerprint density at radius 1 is 1.30 bits per heavy atom. The molecule has 4 N–H and O–H groups in total. The van der Waals surface area contributed by atoms with E-state index in [4.69, 9.17) is 17.3 Å². The van der Waals surface area contributed by atoms with Crippen molar-refractivity contribution in [3.8, 4) is 0 Å². The van der Waals surface area contributed by atoms with E-state index < -0.39 is 17.6 Å². The Morgan fingerprint density at radius 2 is 2.12 bits per heavy atom. The fourth-order valence-electron chi connectivity index (χ4n) is 5.43. The lowest BCUT2D eigenvalue weighted by atomic mass is 9.76. The Kier molecular flexibility index (Phi) is 6.83. The van der Waals surface area contributed by atoms with Crippen LogP contribution >= 0.6 is 11.6 Å². The summed E-state index contributed by atoms with van der Waals surface area (Å²) in [7, 11) is 0. The summed E-state index contributed by atoms with van der Waals surface area (Å²) in [5.41, 5.74) is 6.44. The molecule has 2 bridgehead atoms. The maximum atomic E-state index is 14.2. The summed E-state index contributed by atoms with van der Waals surface area (Å²) in [6.07, 6.45) is 4.42. The Balaban J connectivity index is 1.35. The quantitative estimate of drug-likeness (QED) is 0.370. The molecule has 11 heteroatoms. The minimum atomic E-state index is -0.646. The average Bonchev–Trinajstić information content (AvgIpc) is 3.34. The number of anilines is 2. The van der Waals surface area contributed by atoms with Crippen LogP contribution in [-0.2, 0) is 9.59 Å². The van der Waals surface area contributed by atoms with Gasteiger partial charge >= 0.3 is 0 Å². The molecular formula is C22H24ClFN6O3. The summed E-state index contributed by atoms with van der Waals surface area (Å²) >= 11 is 5.80. The van der Waals surface area contributed by atoms with Crippen LogP contribution in [0.4, 0.5) is 21.6 Å². The number of benzene rings is 1. The number of carbonyl (C=O) groups is 2. The minimum absolute atomic E-state index is 0.0380. The van der Waals surface area contributed by atoms with Crippen LogP contribution in [0.1, 0.15) is 32.1 Å². The molecule has 33 heavy (non-hydrogen) atoms. The topological polar surface area (TPSA) is 139 Å². The van der Waals surface area contributed by atoms with Gasteiger partial charge in [0.05, 0.1) is 12.1 Å². The van der Waals surface area contributed by atoms with E-state index in [9.17, 15) is 18.9 Å². The molecule has 2 fully saturated rings. The maximum absolute atomic E-state index is 14.2. The molecule has 0 aliphatic heterocycles. The Bertz CT molecular complexity index is 1070. The highest BCUT2D eigenvalue weighted by Crippen LogP contribution is 2.54. The van der Waals surface area contributed by atoms with Gasteiger partial charge in [0.15, 0.2) is 11.6 Å². The van der Waals surface area contributed by atoms with Crippen molar-refractivity contribution in [2.45, 2.75) is 38.1 Å².